The minimum atomic E-state index is -1.27. The first kappa shape index (κ1) is 54.4. The maximum Gasteiger partial charge on any atom is 0.271 e. The molecule has 0 aliphatic carbocycles. The van der Waals surface area contributed by atoms with Gasteiger partial charge in [0.25, 0.3) is 17.7 Å². The van der Waals surface area contributed by atoms with Crippen molar-refractivity contribution in [2.45, 2.75) is 64.3 Å². The molecule has 0 fully saturated rings. The van der Waals surface area contributed by atoms with Gasteiger partial charge in [-0.15, -0.1) is 68.0 Å². The van der Waals surface area contributed by atoms with Crippen LogP contribution in [0.2, 0.25) is 0 Å². The van der Waals surface area contributed by atoms with Gasteiger partial charge in [0.1, 0.15) is 77.0 Å². The van der Waals surface area contributed by atoms with Crippen molar-refractivity contribution in [3.63, 3.8) is 0 Å². The number of hydrogen-bond donors (Lipinski definition) is 5. The van der Waals surface area contributed by atoms with Gasteiger partial charge in [-0.1, -0.05) is 44.2 Å². The Kier molecular flexibility index (Phi) is 16.9. The molecule has 0 radical (unpaired) electrons. The molecule has 1 unspecified atom stereocenters. The van der Waals surface area contributed by atoms with Gasteiger partial charge in [-0.05, 0) is 41.2 Å². The fourth-order valence-corrected chi connectivity index (χ4v) is 13.6. The zero-order valence-electron chi connectivity index (χ0n) is 41.3. The van der Waals surface area contributed by atoms with Crippen LogP contribution in [-0.2, 0) is 20.9 Å². The van der Waals surface area contributed by atoms with Gasteiger partial charge >= 0.3 is 0 Å². The summed E-state index contributed by atoms with van der Waals surface area (Å²) in [5.74, 6) is -4.07. The van der Waals surface area contributed by atoms with Gasteiger partial charge < -0.3 is 31.1 Å². The molecule has 8 aromatic rings. The van der Waals surface area contributed by atoms with Crippen molar-refractivity contribution in [3.05, 3.63) is 128 Å². The number of amides is 5. The Hall–Kier alpha value is -7.40. The van der Waals surface area contributed by atoms with Crippen LogP contribution in [0.25, 0.3) is 53.8 Å². The summed E-state index contributed by atoms with van der Waals surface area (Å²) in [5, 5.41) is 34.9. The summed E-state index contributed by atoms with van der Waals surface area (Å²) in [7, 11) is 2.95. The average Bonchev–Trinajstić information content (AvgIpc) is 4.33. The van der Waals surface area contributed by atoms with E-state index in [9.17, 15) is 33.9 Å². The third kappa shape index (κ3) is 12.1. The molecule has 10 bridgehead atoms. The fraction of sp³-hybridized carbons (Fsp3) is 0.286. The van der Waals surface area contributed by atoms with Crippen LogP contribution in [0.3, 0.4) is 0 Å². The lowest BCUT2D eigenvalue weighted by molar-refractivity contribution is -0.122. The van der Waals surface area contributed by atoms with E-state index in [0.29, 0.717) is 73.7 Å². The minimum Gasteiger partial charge on any atom is -0.386 e. The largest absolute Gasteiger partial charge is 0.386 e. The molecule has 1 aromatic carbocycles. The van der Waals surface area contributed by atoms with E-state index in [0.717, 1.165) is 22.7 Å². The summed E-state index contributed by atoms with van der Waals surface area (Å²) in [6.07, 6.45) is -1.51. The highest BCUT2D eigenvalue weighted by Crippen LogP contribution is 2.40. The van der Waals surface area contributed by atoms with Gasteiger partial charge in [0.05, 0.1) is 41.2 Å². The third-order valence-corrected chi connectivity index (χ3v) is 17.7. The molecular formula is C49H44N14O8S6. The SMILES string of the molecule is CNC(=O)C[C@@H]1NC(=O)c2csc(n2)-c2ccc(-c3nc(C(=O)N=[N+]=[N-])cs3)nc2-c2csc(n2)-c2csc(n2)[C@H]([C@@H](O)c2ccccc2)NC(=O)CNC(=O)c2nc(sc2COC)C(C(C)C)CC(=O)c2nc1sc2C. The summed E-state index contributed by atoms with van der Waals surface area (Å²) in [4.78, 5) is 119. The Morgan fingerprint density at radius 2 is 1.51 bits per heavy atom. The van der Waals surface area contributed by atoms with E-state index in [1.54, 1.807) is 65.5 Å². The number of nitrogens with one attached hydrogen (secondary N) is 4. The second-order valence-electron chi connectivity index (χ2n) is 17.5. The van der Waals surface area contributed by atoms with Crippen LogP contribution in [0.15, 0.2) is 69.1 Å². The summed E-state index contributed by atoms with van der Waals surface area (Å²) in [6.45, 7) is 5.15. The van der Waals surface area contributed by atoms with Gasteiger partial charge in [-0.2, -0.15) is 0 Å². The highest BCUT2D eigenvalue weighted by atomic mass is 32.1. The van der Waals surface area contributed by atoms with Crippen molar-refractivity contribution in [3.8, 4) is 43.4 Å². The Balaban J connectivity index is 1.14. The quantitative estimate of drug-likeness (QED) is 0.0513. The molecular weight excluding hydrogens is 1110 g/mol. The van der Waals surface area contributed by atoms with Crippen molar-refractivity contribution in [1.29, 1.82) is 0 Å². The van der Waals surface area contributed by atoms with Gasteiger partial charge in [0.2, 0.25) is 11.8 Å². The van der Waals surface area contributed by atoms with Crippen LogP contribution >= 0.6 is 68.0 Å². The molecule has 0 saturated carbocycles. The number of carbonyl (C=O) groups is 6. The number of aryl methyl sites for hydroxylation is 1. The number of Topliss-reactive ketones (excluding diaryl/α,β-unsaturated/α-hetero) is 1. The molecule has 77 heavy (non-hydrogen) atoms. The van der Waals surface area contributed by atoms with E-state index in [1.165, 1.54) is 64.9 Å². The van der Waals surface area contributed by atoms with Crippen molar-refractivity contribution >= 4 is 103 Å². The topological polar surface area (TPSA) is 319 Å². The molecule has 1 aliphatic rings. The van der Waals surface area contributed by atoms with Crippen LogP contribution in [0.4, 0.5) is 0 Å². The lowest BCUT2D eigenvalue weighted by Crippen LogP contribution is -2.40. The van der Waals surface area contributed by atoms with Crippen LogP contribution < -0.4 is 21.3 Å². The Bertz CT molecular complexity index is 3600. The predicted octanol–water partition coefficient (Wildman–Crippen LogP) is 8.65. The molecule has 0 saturated heterocycles. The zero-order chi connectivity index (χ0) is 54.5. The van der Waals surface area contributed by atoms with Crippen molar-refractivity contribution < 1.29 is 38.6 Å². The number of nitrogens with zero attached hydrogens (tertiary/aromatic N) is 10. The van der Waals surface area contributed by atoms with Crippen LogP contribution in [0.1, 0.15) is 123 Å². The minimum absolute atomic E-state index is 0.0222. The maximum absolute atomic E-state index is 14.3. The number of aromatic nitrogens is 7. The first-order chi connectivity index (χ1) is 37.1. The molecule has 8 heterocycles. The number of rotatable bonds is 9. The van der Waals surface area contributed by atoms with E-state index in [-0.39, 0.29) is 59.8 Å². The molecule has 4 atom stereocenters. The number of aliphatic hydroxyl groups is 1. The number of hydrogen-bond acceptors (Lipinski definition) is 21. The van der Waals surface area contributed by atoms with Crippen molar-refractivity contribution in [1.82, 2.24) is 56.2 Å². The zero-order valence-corrected chi connectivity index (χ0v) is 46.2. The Morgan fingerprint density at radius 3 is 2.26 bits per heavy atom. The molecule has 9 rings (SSSR count). The number of pyridine rings is 1. The van der Waals surface area contributed by atoms with Crippen molar-refractivity contribution in [2.75, 3.05) is 20.7 Å². The number of fused-ring (bicyclic) bond motifs is 14. The lowest BCUT2D eigenvalue weighted by Gasteiger charge is -2.23. The van der Waals surface area contributed by atoms with Crippen molar-refractivity contribution in [2.24, 2.45) is 11.0 Å². The number of carbonyl (C=O) groups excluding carboxylic acids is 6. The number of azide groups is 1. The number of methoxy groups -OCH3 is 1. The monoisotopic (exact) mass is 1150 g/mol. The lowest BCUT2D eigenvalue weighted by atomic mass is 9.90. The number of aliphatic hydroxyl groups excluding tert-OH is 1. The summed E-state index contributed by atoms with van der Waals surface area (Å²) < 4.78 is 5.45. The molecule has 28 heteroatoms. The van der Waals surface area contributed by atoms with Crippen LogP contribution in [0.5, 0.6) is 0 Å². The van der Waals surface area contributed by atoms with Gasteiger partial charge in [0.15, 0.2) is 5.78 Å². The number of ketones is 1. The van der Waals surface area contributed by atoms with E-state index < -0.39 is 54.3 Å². The number of ether oxygens (including phenoxy) is 1. The second-order valence-corrected chi connectivity index (χ2v) is 23.3. The first-order valence-corrected chi connectivity index (χ1v) is 28.5. The van der Waals surface area contributed by atoms with Crippen LogP contribution in [0, 0.1) is 12.8 Å². The number of benzene rings is 1. The molecule has 0 spiro atoms. The average molecular weight is 1150 g/mol. The van der Waals surface area contributed by atoms with Gasteiger partial charge in [0, 0.05) is 63.4 Å². The van der Waals surface area contributed by atoms with Gasteiger partial charge in [-0.3, -0.25) is 28.8 Å². The highest BCUT2D eigenvalue weighted by Gasteiger charge is 2.33. The molecule has 5 amide bonds. The smallest absolute Gasteiger partial charge is 0.271 e. The normalized spacial score (nSPS) is 16.7. The van der Waals surface area contributed by atoms with E-state index in [4.69, 9.17) is 40.2 Å². The summed E-state index contributed by atoms with van der Waals surface area (Å²) in [6, 6.07) is 10.1. The van der Waals surface area contributed by atoms with E-state index in [1.807, 2.05) is 13.8 Å². The third-order valence-electron chi connectivity index (χ3n) is 12.0. The Labute approximate surface area is 462 Å². The molecule has 22 nitrogen and oxygen atoms in total. The maximum atomic E-state index is 14.3. The highest BCUT2D eigenvalue weighted by molar-refractivity contribution is 7.15. The Morgan fingerprint density at radius 1 is 0.792 bits per heavy atom. The molecule has 1 aliphatic heterocycles. The summed E-state index contributed by atoms with van der Waals surface area (Å²) >= 11 is 7.09. The summed E-state index contributed by atoms with van der Waals surface area (Å²) in [5.41, 5.74) is 11.5. The fourth-order valence-electron chi connectivity index (χ4n) is 8.03. The molecule has 7 aromatic heterocycles. The number of thiazole rings is 6. The second kappa shape index (κ2) is 23.9. The van der Waals surface area contributed by atoms with Crippen LogP contribution in [-0.4, -0.2) is 96.0 Å². The first-order valence-electron chi connectivity index (χ1n) is 23.4. The molecule has 5 N–H and O–H groups in total. The predicted molar refractivity (Wildman–Crippen MR) is 292 cm³/mol. The van der Waals surface area contributed by atoms with E-state index >= 15 is 0 Å². The molecule has 394 valence electrons. The van der Waals surface area contributed by atoms with Gasteiger partial charge in [-0.25, -0.2) is 34.9 Å². The van der Waals surface area contributed by atoms with E-state index in [2.05, 4.69) is 36.3 Å². The standard InChI is InChI=1S/C49H44N14O8S6/c1-21(2)25-13-32(64)36-22(3)76-48(60-36)27(14-34(65)51-4)54-41(68)29-18-72-44(56-29)24-11-12-26(46-57-30(19-74-46)42(69)62-63-50)53-37(24)28-17-73-47(55-28)31-20-75-49(58-31)39(40(67)23-9-7-6-8-10-23)59-35(66)15-52-43(70)38-33(16-71-5)77-45(25)61-38/h6-12,17-21,25,27,39-40,67H,13-16H2,1-5H3,(H,51,65)(H,52,70)(H,54,68)(H,59,66)/t25?,27-,39-,40-/m0/s1.